The van der Waals surface area contributed by atoms with E-state index in [1.54, 1.807) is 0 Å². The second-order valence-electron chi connectivity index (χ2n) is 4.31. The van der Waals surface area contributed by atoms with Gasteiger partial charge in [-0.2, -0.15) is 0 Å². The third-order valence-electron chi connectivity index (χ3n) is 2.70. The van der Waals surface area contributed by atoms with Crippen LogP contribution in [-0.4, -0.2) is 32.0 Å². The maximum Gasteiger partial charge on any atom is 0.342 e. The maximum absolute atomic E-state index is 10.5. The van der Waals surface area contributed by atoms with E-state index in [1.807, 2.05) is 0 Å². The van der Waals surface area contributed by atoms with Gasteiger partial charge in [-0.1, -0.05) is 23.7 Å². The van der Waals surface area contributed by atoms with Crippen molar-refractivity contribution < 1.29 is 29.6 Å². The minimum absolute atomic E-state index is 0.0794. The summed E-state index contributed by atoms with van der Waals surface area (Å²) in [5, 5.41) is 37.5. The molecular formula is C14H9ClN2O8. The van der Waals surface area contributed by atoms with Crippen molar-refractivity contribution in [3.05, 3.63) is 78.8 Å². The fraction of sp³-hybridized carbons (Fsp3) is 0. The number of carboxylic acids is 2. The van der Waals surface area contributed by atoms with Gasteiger partial charge in [0.2, 0.25) is 0 Å². The third kappa shape index (κ3) is 5.25. The van der Waals surface area contributed by atoms with Crippen molar-refractivity contribution in [3.8, 4) is 0 Å². The van der Waals surface area contributed by atoms with Gasteiger partial charge in [0.05, 0.1) is 15.4 Å². The average molecular weight is 369 g/mol. The van der Waals surface area contributed by atoms with Crippen molar-refractivity contribution in [1.82, 2.24) is 0 Å². The number of carboxylic acid groups (broad SMARTS) is 2. The predicted octanol–water partition coefficient (Wildman–Crippen LogP) is 3.24. The Bertz CT molecular complexity index is 823. The van der Waals surface area contributed by atoms with E-state index in [0.29, 0.717) is 0 Å². The lowest BCUT2D eigenvalue weighted by Crippen LogP contribution is -2.02. The number of nitro groups is 2. The molecule has 25 heavy (non-hydrogen) atoms. The van der Waals surface area contributed by atoms with Crippen LogP contribution in [0.25, 0.3) is 0 Å². The summed E-state index contributed by atoms with van der Waals surface area (Å²) in [7, 11) is 0. The molecule has 0 aromatic heterocycles. The van der Waals surface area contributed by atoms with Gasteiger partial charge in [0.15, 0.2) is 0 Å². The van der Waals surface area contributed by atoms with Crippen LogP contribution in [-0.2, 0) is 0 Å². The zero-order valence-electron chi connectivity index (χ0n) is 12.2. The topological polar surface area (TPSA) is 161 Å². The Morgan fingerprint density at radius 3 is 1.96 bits per heavy atom. The average Bonchev–Trinajstić information content (AvgIpc) is 2.54. The molecule has 0 aliphatic carbocycles. The highest BCUT2D eigenvalue weighted by Gasteiger charge is 2.22. The SMILES string of the molecule is O=C(O)c1cccc(Cl)c1[N+](=O)[O-].O=C(O)c1cccc([N+](=O)[O-])c1. The molecule has 0 heterocycles. The van der Waals surface area contributed by atoms with E-state index in [9.17, 15) is 29.8 Å². The van der Waals surface area contributed by atoms with Gasteiger partial charge >= 0.3 is 17.6 Å². The minimum Gasteiger partial charge on any atom is -0.478 e. The van der Waals surface area contributed by atoms with Crippen LogP contribution in [0.2, 0.25) is 5.02 Å². The van der Waals surface area contributed by atoms with Gasteiger partial charge in [-0.25, -0.2) is 9.59 Å². The molecule has 0 radical (unpaired) electrons. The molecule has 11 heteroatoms. The highest BCUT2D eigenvalue weighted by atomic mass is 35.5. The number of hydrogen-bond acceptors (Lipinski definition) is 6. The fourth-order valence-corrected chi connectivity index (χ4v) is 1.87. The predicted molar refractivity (Wildman–Crippen MR) is 85.1 cm³/mol. The Labute approximate surface area is 144 Å². The zero-order chi connectivity index (χ0) is 19.1. The first-order valence-corrected chi connectivity index (χ1v) is 6.67. The number of nitro benzene ring substituents is 2. The molecule has 10 nitrogen and oxygen atoms in total. The first-order chi connectivity index (χ1) is 11.6. The summed E-state index contributed by atoms with van der Waals surface area (Å²) in [5.74, 6) is -2.53. The smallest absolute Gasteiger partial charge is 0.342 e. The molecule has 2 N–H and O–H groups in total. The highest BCUT2D eigenvalue weighted by Crippen LogP contribution is 2.27. The molecule has 0 saturated carbocycles. The van der Waals surface area contributed by atoms with Crippen molar-refractivity contribution in [2.24, 2.45) is 0 Å². The summed E-state index contributed by atoms with van der Waals surface area (Å²) in [5.41, 5.74) is -1.27. The number of hydrogen-bond donors (Lipinski definition) is 2. The lowest BCUT2D eigenvalue weighted by Gasteiger charge is -1.98. The number of benzene rings is 2. The number of para-hydroxylation sites is 1. The quantitative estimate of drug-likeness (QED) is 0.613. The molecular weight excluding hydrogens is 360 g/mol. The normalized spacial score (nSPS) is 9.48. The summed E-state index contributed by atoms with van der Waals surface area (Å²) in [4.78, 5) is 40.0. The van der Waals surface area contributed by atoms with Gasteiger partial charge < -0.3 is 10.2 Å². The lowest BCUT2D eigenvalue weighted by atomic mass is 10.2. The van der Waals surface area contributed by atoms with Gasteiger partial charge in [-0.05, 0) is 18.2 Å². The van der Waals surface area contributed by atoms with Crippen molar-refractivity contribution in [1.29, 1.82) is 0 Å². The summed E-state index contributed by atoms with van der Waals surface area (Å²) in [6.45, 7) is 0. The Balaban J connectivity index is 0.000000251. The molecule has 2 aromatic carbocycles. The molecule has 130 valence electrons. The lowest BCUT2D eigenvalue weighted by molar-refractivity contribution is -0.385. The summed E-state index contributed by atoms with van der Waals surface area (Å²) in [6.07, 6.45) is 0. The number of carbonyl (C=O) groups is 2. The van der Waals surface area contributed by atoms with Crippen LogP contribution in [0.1, 0.15) is 20.7 Å². The largest absolute Gasteiger partial charge is 0.478 e. The van der Waals surface area contributed by atoms with Crippen LogP contribution in [0.3, 0.4) is 0 Å². The number of non-ortho nitro benzene ring substituents is 1. The number of aromatic carboxylic acids is 2. The minimum atomic E-state index is -1.37. The van der Waals surface area contributed by atoms with Crippen LogP contribution in [0.15, 0.2) is 42.5 Å². The second-order valence-corrected chi connectivity index (χ2v) is 4.72. The van der Waals surface area contributed by atoms with Gasteiger partial charge in [0, 0.05) is 12.1 Å². The van der Waals surface area contributed by atoms with E-state index in [-0.39, 0.29) is 16.3 Å². The second kappa shape index (κ2) is 8.36. The molecule has 0 bridgehead atoms. The Hall–Kier alpha value is -3.53. The molecule has 0 spiro atoms. The third-order valence-corrected chi connectivity index (χ3v) is 3.01. The van der Waals surface area contributed by atoms with E-state index in [1.165, 1.54) is 30.3 Å². The maximum atomic E-state index is 10.5. The van der Waals surface area contributed by atoms with Crippen LogP contribution in [0.4, 0.5) is 11.4 Å². The first kappa shape index (κ1) is 19.5. The molecule has 2 aromatic rings. The van der Waals surface area contributed by atoms with Crippen molar-refractivity contribution >= 4 is 34.9 Å². The number of nitrogens with zero attached hydrogens (tertiary/aromatic N) is 2. The van der Waals surface area contributed by atoms with Crippen LogP contribution >= 0.6 is 11.6 Å². The molecule has 0 atom stereocenters. The monoisotopic (exact) mass is 368 g/mol. The molecule has 2 rings (SSSR count). The van der Waals surface area contributed by atoms with Crippen molar-refractivity contribution in [2.45, 2.75) is 0 Å². The summed E-state index contributed by atoms with van der Waals surface area (Å²) in [6, 6.07) is 8.64. The zero-order valence-corrected chi connectivity index (χ0v) is 12.9. The van der Waals surface area contributed by atoms with Gasteiger partial charge in [0.1, 0.15) is 10.6 Å². The Morgan fingerprint density at radius 1 is 0.920 bits per heavy atom. The van der Waals surface area contributed by atoms with Crippen molar-refractivity contribution in [3.63, 3.8) is 0 Å². The molecule has 0 amide bonds. The highest BCUT2D eigenvalue weighted by molar-refractivity contribution is 6.33. The fourth-order valence-electron chi connectivity index (χ4n) is 1.63. The Morgan fingerprint density at radius 2 is 1.52 bits per heavy atom. The standard InChI is InChI=1S/C7H4ClNO4.C7H5NO4/c8-5-3-1-2-4(7(10)11)6(5)9(12)13;9-7(10)5-2-1-3-6(4-5)8(11)12/h1-3H,(H,10,11);1-4H,(H,9,10). The molecule has 0 aliphatic heterocycles. The van der Waals surface area contributed by atoms with Crippen LogP contribution in [0.5, 0.6) is 0 Å². The number of rotatable bonds is 4. The molecule has 0 aliphatic rings. The number of halogens is 1. The van der Waals surface area contributed by atoms with Crippen LogP contribution in [0, 0.1) is 20.2 Å². The molecule has 0 saturated heterocycles. The summed E-state index contributed by atoms with van der Waals surface area (Å²) >= 11 is 5.46. The van der Waals surface area contributed by atoms with Crippen LogP contribution < -0.4 is 0 Å². The Kier molecular flexibility index (Phi) is 6.52. The first-order valence-electron chi connectivity index (χ1n) is 6.29. The molecule has 0 fully saturated rings. The van der Waals surface area contributed by atoms with Gasteiger partial charge in [-0.15, -0.1) is 0 Å². The van der Waals surface area contributed by atoms with Crippen molar-refractivity contribution in [2.75, 3.05) is 0 Å². The van der Waals surface area contributed by atoms with E-state index in [2.05, 4.69) is 0 Å². The van der Waals surface area contributed by atoms with E-state index < -0.39 is 33.0 Å². The summed E-state index contributed by atoms with van der Waals surface area (Å²) < 4.78 is 0. The molecule has 0 unspecified atom stereocenters. The van der Waals surface area contributed by atoms with E-state index >= 15 is 0 Å². The van der Waals surface area contributed by atoms with Gasteiger partial charge in [-0.3, -0.25) is 20.2 Å². The van der Waals surface area contributed by atoms with Gasteiger partial charge in [0.25, 0.3) is 5.69 Å². The van der Waals surface area contributed by atoms with E-state index in [0.717, 1.165) is 12.1 Å². The van der Waals surface area contributed by atoms with E-state index in [4.69, 9.17) is 21.8 Å².